The summed E-state index contributed by atoms with van der Waals surface area (Å²) in [6, 6.07) is 3.92. The molecule has 1 aromatic rings. The highest BCUT2D eigenvalue weighted by Gasteiger charge is 2.24. The molecule has 18 heavy (non-hydrogen) atoms. The Bertz CT molecular complexity index is 447. The van der Waals surface area contributed by atoms with Crippen LogP contribution in [0.15, 0.2) is 12.1 Å². The second kappa shape index (κ2) is 5.42. The van der Waals surface area contributed by atoms with E-state index in [1.807, 2.05) is 19.1 Å². The zero-order valence-electron chi connectivity index (χ0n) is 11.3. The van der Waals surface area contributed by atoms with Crippen molar-refractivity contribution in [2.75, 3.05) is 13.7 Å². The van der Waals surface area contributed by atoms with E-state index in [0.29, 0.717) is 23.8 Å². The maximum Gasteiger partial charge on any atom is 0.341 e. The van der Waals surface area contributed by atoms with Gasteiger partial charge in [0.1, 0.15) is 11.3 Å². The van der Waals surface area contributed by atoms with E-state index in [0.717, 1.165) is 0 Å². The molecular weight excluding hydrogens is 228 g/mol. The molecule has 0 aromatic heterocycles. The Balaban J connectivity index is 2.41. The Kier molecular flexibility index (Phi) is 3.90. The van der Waals surface area contributed by atoms with Crippen molar-refractivity contribution in [1.29, 1.82) is 0 Å². The van der Waals surface area contributed by atoms with Crippen molar-refractivity contribution in [3.63, 3.8) is 0 Å². The molecule has 1 aliphatic carbocycles. The van der Waals surface area contributed by atoms with Gasteiger partial charge in [0.25, 0.3) is 0 Å². The predicted molar refractivity (Wildman–Crippen MR) is 70.3 cm³/mol. The first-order chi connectivity index (χ1) is 8.67. The Hall–Kier alpha value is -1.51. The zero-order valence-corrected chi connectivity index (χ0v) is 11.3. The van der Waals surface area contributed by atoms with Gasteiger partial charge in [0.15, 0.2) is 0 Å². The molecule has 3 heteroatoms. The SMILES string of the molecule is CCOc1cc(C)c(C2CCC2)cc1C(=O)OC. The molecule has 0 bridgehead atoms. The number of carbonyl (C=O) groups excluding carboxylic acids is 1. The van der Waals surface area contributed by atoms with Crippen LogP contribution in [0.3, 0.4) is 0 Å². The molecule has 0 amide bonds. The third kappa shape index (κ3) is 2.35. The van der Waals surface area contributed by atoms with Gasteiger partial charge in [-0.3, -0.25) is 0 Å². The van der Waals surface area contributed by atoms with Crippen molar-refractivity contribution < 1.29 is 14.3 Å². The van der Waals surface area contributed by atoms with Gasteiger partial charge in [-0.25, -0.2) is 4.79 Å². The van der Waals surface area contributed by atoms with Gasteiger partial charge < -0.3 is 9.47 Å². The van der Waals surface area contributed by atoms with E-state index in [2.05, 4.69) is 6.92 Å². The Labute approximate surface area is 108 Å². The number of carbonyl (C=O) groups is 1. The third-order valence-corrected chi connectivity index (χ3v) is 3.62. The summed E-state index contributed by atoms with van der Waals surface area (Å²) in [5.41, 5.74) is 3.02. The summed E-state index contributed by atoms with van der Waals surface area (Å²) in [5.74, 6) is 0.910. The minimum Gasteiger partial charge on any atom is -0.493 e. The van der Waals surface area contributed by atoms with Crippen molar-refractivity contribution in [1.82, 2.24) is 0 Å². The van der Waals surface area contributed by atoms with E-state index in [9.17, 15) is 4.79 Å². The van der Waals surface area contributed by atoms with E-state index in [1.165, 1.54) is 37.5 Å². The minimum absolute atomic E-state index is 0.320. The molecule has 2 rings (SSSR count). The monoisotopic (exact) mass is 248 g/mol. The third-order valence-electron chi connectivity index (χ3n) is 3.62. The smallest absolute Gasteiger partial charge is 0.341 e. The zero-order chi connectivity index (χ0) is 13.1. The standard InChI is InChI=1S/C15H20O3/c1-4-18-14-8-10(2)12(11-6-5-7-11)9-13(14)15(16)17-3/h8-9,11H,4-7H2,1-3H3. The van der Waals surface area contributed by atoms with Crippen molar-refractivity contribution >= 4 is 5.97 Å². The van der Waals surface area contributed by atoms with Crippen LogP contribution in [0, 0.1) is 6.92 Å². The van der Waals surface area contributed by atoms with Crippen LogP contribution >= 0.6 is 0 Å². The fourth-order valence-electron chi connectivity index (χ4n) is 2.40. The van der Waals surface area contributed by atoms with E-state index >= 15 is 0 Å². The van der Waals surface area contributed by atoms with Crippen molar-refractivity contribution in [3.05, 3.63) is 28.8 Å². The van der Waals surface area contributed by atoms with E-state index in [4.69, 9.17) is 9.47 Å². The van der Waals surface area contributed by atoms with Gasteiger partial charge in [-0.05, 0) is 55.9 Å². The average molecular weight is 248 g/mol. The highest BCUT2D eigenvalue weighted by molar-refractivity contribution is 5.93. The Morgan fingerprint density at radius 2 is 2.11 bits per heavy atom. The lowest BCUT2D eigenvalue weighted by molar-refractivity contribution is 0.0596. The number of esters is 1. The van der Waals surface area contributed by atoms with Crippen LogP contribution in [-0.4, -0.2) is 19.7 Å². The number of hydrogen-bond donors (Lipinski definition) is 0. The highest BCUT2D eigenvalue weighted by atomic mass is 16.5. The quantitative estimate of drug-likeness (QED) is 0.766. The van der Waals surface area contributed by atoms with Crippen molar-refractivity contribution in [2.24, 2.45) is 0 Å². The predicted octanol–water partition coefficient (Wildman–Crippen LogP) is 3.45. The molecule has 1 aliphatic rings. The van der Waals surface area contributed by atoms with Gasteiger partial charge in [0, 0.05) is 0 Å². The fourth-order valence-corrected chi connectivity index (χ4v) is 2.40. The largest absolute Gasteiger partial charge is 0.493 e. The summed E-state index contributed by atoms with van der Waals surface area (Å²) >= 11 is 0. The highest BCUT2D eigenvalue weighted by Crippen LogP contribution is 2.40. The number of benzene rings is 1. The number of methoxy groups -OCH3 is 1. The van der Waals surface area contributed by atoms with Gasteiger partial charge in [0.2, 0.25) is 0 Å². The molecule has 0 aliphatic heterocycles. The van der Waals surface area contributed by atoms with Crippen LogP contribution in [0.4, 0.5) is 0 Å². The van der Waals surface area contributed by atoms with E-state index in [-0.39, 0.29) is 5.97 Å². The molecule has 0 N–H and O–H groups in total. The van der Waals surface area contributed by atoms with Crippen molar-refractivity contribution in [2.45, 2.75) is 39.0 Å². The Morgan fingerprint density at radius 3 is 2.61 bits per heavy atom. The Morgan fingerprint density at radius 1 is 1.39 bits per heavy atom. The normalized spacial score (nSPS) is 15.1. The van der Waals surface area contributed by atoms with Gasteiger partial charge >= 0.3 is 5.97 Å². The number of aryl methyl sites for hydroxylation is 1. The molecule has 0 atom stereocenters. The van der Waals surface area contributed by atoms with Crippen molar-refractivity contribution in [3.8, 4) is 5.75 Å². The maximum atomic E-state index is 11.8. The summed E-state index contributed by atoms with van der Waals surface area (Å²) in [4.78, 5) is 11.8. The number of ether oxygens (including phenoxy) is 2. The summed E-state index contributed by atoms with van der Waals surface area (Å²) in [5, 5.41) is 0. The minimum atomic E-state index is -0.320. The first-order valence-electron chi connectivity index (χ1n) is 6.53. The first-order valence-corrected chi connectivity index (χ1v) is 6.53. The number of rotatable bonds is 4. The first kappa shape index (κ1) is 12.9. The molecule has 1 aromatic carbocycles. The lowest BCUT2D eigenvalue weighted by atomic mass is 9.78. The van der Waals surface area contributed by atoms with E-state index in [1.54, 1.807) is 0 Å². The molecule has 0 heterocycles. The second-order valence-electron chi connectivity index (χ2n) is 4.76. The molecule has 0 radical (unpaired) electrons. The maximum absolute atomic E-state index is 11.8. The molecule has 0 saturated heterocycles. The summed E-state index contributed by atoms with van der Waals surface area (Å²) in [6.45, 7) is 4.54. The van der Waals surface area contributed by atoms with Crippen LogP contribution in [0.5, 0.6) is 5.75 Å². The summed E-state index contributed by atoms with van der Waals surface area (Å²) in [7, 11) is 1.40. The molecule has 0 spiro atoms. The van der Waals surface area contributed by atoms with Crippen LogP contribution in [0.25, 0.3) is 0 Å². The lowest BCUT2D eigenvalue weighted by Crippen LogP contribution is -2.13. The summed E-state index contributed by atoms with van der Waals surface area (Å²) in [6.07, 6.45) is 3.72. The second-order valence-corrected chi connectivity index (χ2v) is 4.76. The molecule has 3 nitrogen and oxygen atoms in total. The van der Waals surface area contributed by atoms with Gasteiger partial charge in [-0.15, -0.1) is 0 Å². The molecule has 0 unspecified atom stereocenters. The summed E-state index contributed by atoms with van der Waals surface area (Å²) < 4.78 is 10.4. The molecule has 1 saturated carbocycles. The van der Waals surface area contributed by atoms with Crippen LogP contribution in [0.1, 0.15) is 53.6 Å². The van der Waals surface area contributed by atoms with Crippen LogP contribution in [-0.2, 0) is 4.74 Å². The topological polar surface area (TPSA) is 35.5 Å². The molecule has 98 valence electrons. The molecule has 1 fully saturated rings. The van der Waals surface area contributed by atoms with E-state index < -0.39 is 0 Å². The van der Waals surface area contributed by atoms with Gasteiger partial charge in [-0.1, -0.05) is 6.42 Å². The van der Waals surface area contributed by atoms with Gasteiger partial charge in [-0.2, -0.15) is 0 Å². The van der Waals surface area contributed by atoms with Gasteiger partial charge in [0.05, 0.1) is 13.7 Å². The molecular formula is C15H20O3. The average Bonchev–Trinajstić information content (AvgIpc) is 2.29. The fraction of sp³-hybridized carbons (Fsp3) is 0.533. The number of hydrogen-bond acceptors (Lipinski definition) is 3. The van der Waals surface area contributed by atoms with Crippen LogP contribution in [0.2, 0.25) is 0 Å². The van der Waals surface area contributed by atoms with Crippen LogP contribution < -0.4 is 4.74 Å². The lowest BCUT2D eigenvalue weighted by Gasteiger charge is -2.28.